The fourth-order valence-electron chi connectivity index (χ4n) is 1.75. The van der Waals surface area contributed by atoms with Crippen LogP contribution in [0.25, 0.3) is 0 Å². The minimum absolute atomic E-state index is 0.397. The molecule has 15 heavy (non-hydrogen) atoms. The molecule has 1 aromatic carbocycles. The molecule has 1 aromatic rings. The van der Waals surface area contributed by atoms with Crippen molar-refractivity contribution in [2.24, 2.45) is 0 Å². The maximum Gasteiger partial charge on any atom is 0.0238 e. The van der Waals surface area contributed by atoms with Crippen LogP contribution in [0.5, 0.6) is 0 Å². The van der Waals surface area contributed by atoms with Crippen LogP contribution >= 0.6 is 0 Å². The summed E-state index contributed by atoms with van der Waals surface area (Å²) in [6.45, 7) is 4.32. The van der Waals surface area contributed by atoms with Gasteiger partial charge in [-0.15, -0.1) is 12.3 Å². The lowest BCUT2D eigenvalue weighted by molar-refractivity contribution is 0.470. The third-order valence-electron chi connectivity index (χ3n) is 2.38. The van der Waals surface area contributed by atoms with Gasteiger partial charge in [-0.2, -0.15) is 0 Å². The summed E-state index contributed by atoms with van der Waals surface area (Å²) >= 11 is 0. The Bertz CT molecular complexity index is 310. The molecule has 0 aliphatic heterocycles. The molecule has 0 saturated heterocycles. The molecule has 80 valence electrons. The normalized spacial score (nSPS) is 14.2. The maximum atomic E-state index is 5.27. The molecule has 0 aliphatic rings. The smallest absolute Gasteiger partial charge is 0.0238 e. The molecule has 0 saturated carbocycles. The van der Waals surface area contributed by atoms with E-state index in [1.54, 1.807) is 0 Å². The zero-order chi connectivity index (χ0) is 11.1. The highest BCUT2D eigenvalue weighted by atomic mass is 14.9. The van der Waals surface area contributed by atoms with Crippen LogP contribution in [0.4, 0.5) is 0 Å². The molecule has 1 N–H and O–H groups in total. The maximum absolute atomic E-state index is 5.27. The quantitative estimate of drug-likeness (QED) is 0.722. The Balaban J connectivity index is 2.37. The standard InChI is InChI=1S/C14H19N/c1-4-8-12(2)15-13(3)11-14-9-6-5-7-10-14/h1,5-7,9-10,12-13,15H,8,11H2,2-3H3. The average Bonchev–Trinajstić information content (AvgIpc) is 2.19. The Labute approximate surface area is 92.9 Å². The fourth-order valence-corrected chi connectivity index (χ4v) is 1.75. The Morgan fingerprint density at radius 3 is 2.47 bits per heavy atom. The summed E-state index contributed by atoms with van der Waals surface area (Å²) in [5.74, 6) is 2.67. The number of nitrogens with one attached hydrogen (secondary N) is 1. The summed E-state index contributed by atoms with van der Waals surface area (Å²) in [4.78, 5) is 0. The van der Waals surface area contributed by atoms with Gasteiger partial charge in [0.25, 0.3) is 0 Å². The third-order valence-corrected chi connectivity index (χ3v) is 2.38. The summed E-state index contributed by atoms with van der Waals surface area (Å²) in [5.41, 5.74) is 1.37. The monoisotopic (exact) mass is 201 g/mol. The molecular weight excluding hydrogens is 182 g/mol. The van der Waals surface area contributed by atoms with Crippen LogP contribution in [0.15, 0.2) is 30.3 Å². The molecule has 1 heteroatoms. The summed E-state index contributed by atoms with van der Waals surface area (Å²) in [5, 5.41) is 3.49. The number of benzene rings is 1. The molecule has 0 aromatic heterocycles. The molecule has 0 amide bonds. The topological polar surface area (TPSA) is 12.0 Å². The Hall–Kier alpha value is -1.26. The van der Waals surface area contributed by atoms with E-state index < -0.39 is 0 Å². The Morgan fingerprint density at radius 1 is 1.20 bits per heavy atom. The predicted octanol–water partition coefficient (Wildman–Crippen LogP) is 2.62. The van der Waals surface area contributed by atoms with Crippen LogP contribution in [0.1, 0.15) is 25.8 Å². The number of hydrogen-bond donors (Lipinski definition) is 1. The minimum Gasteiger partial charge on any atom is -0.311 e. The van der Waals surface area contributed by atoms with Crippen LogP contribution in [-0.4, -0.2) is 12.1 Å². The molecule has 1 nitrogen and oxygen atoms in total. The first kappa shape index (κ1) is 11.8. The first-order chi connectivity index (χ1) is 7.22. The summed E-state index contributed by atoms with van der Waals surface area (Å²) in [7, 11) is 0. The van der Waals surface area contributed by atoms with E-state index in [0.29, 0.717) is 12.1 Å². The van der Waals surface area contributed by atoms with Gasteiger partial charge in [-0.05, 0) is 25.8 Å². The lowest BCUT2D eigenvalue weighted by Crippen LogP contribution is -2.35. The zero-order valence-electron chi connectivity index (χ0n) is 9.53. The molecule has 0 aliphatic carbocycles. The van der Waals surface area contributed by atoms with Crippen molar-refractivity contribution < 1.29 is 0 Å². The van der Waals surface area contributed by atoms with Crippen LogP contribution in [0.3, 0.4) is 0 Å². The van der Waals surface area contributed by atoms with Crippen molar-refractivity contribution in [3.63, 3.8) is 0 Å². The van der Waals surface area contributed by atoms with Gasteiger partial charge in [-0.25, -0.2) is 0 Å². The van der Waals surface area contributed by atoms with Crippen LogP contribution in [-0.2, 0) is 6.42 Å². The van der Waals surface area contributed by atoms with Gasteiger partial charge in [0.1, 0.15) is 0 Å². The molecule has 0 radical (unpaired) electrons. The minimum atomic E-state index is 0.397. The second kappa shape index (κ2) is 6.27. The lowest BCUT2D eigenvalue weighted by Gasteiger charge is -2.18. The highest BCUT2D eigenvalue weighted by Crippen LogP contribution is 2.03. The van der Waals surface area contributed by atoms with Crippen molar-refractivity contribution in [1.29, 1.82) is 0 Å². The molecule has 0 heterocycles. The third kappa shape index (κ3) is 4.67. The average molecular weight is 201 g/mol. The molecule has 0 fully saturated rings. The Morgan fingerprint density at radius 2 is 1.87 bits per heavy atom. The summed E-state index contributed by atoms with van der Waals surface area (Å²) < 4.78 is 0. The first-order valence-corrected chi connectivity index (χ1v) is 5.46. The molecular formula is C14H19N. The van der Waals surface area contributed by atoms with Crippen LogP contribution in [0, 0.1) is 12.3 Å². The molecule has 0 spiro atoms. The van der Waals surface area contributed by atoms with E-state index in [1.807, 2.05) is 6.07 Å². The van der Waals surface area contributed by atoms with Crippen molar-refractivity contribution in [3.8, 4) is 12.3 Å². The van der Waals surface area contributed by atoms with E-state index in [2.05, 4.69) is 49.4 Å². The van der Waals surface area contributed by atoms with Gasteiger partial charge >= 0.3 is 0 Å². The van der Waals surface area contributed by atoms with Gasteiger partial charge < -0.3 is 5.32 Å². The molecule has 2 atom stereocenters. The molecule has 1 rings (SSSR count). The first-order valence-electron chi connectivity index (χ1n) is 5.46. The second-order valence-electron chi connectivity index (χ2n) is 4.07. The number of hydrogen-bond acceptors (Lipinski definition) is 1. The van der Waals surface area contributed by atoms with Crippen molar-refractivity contribution in [2.45, 2.75) is 38.8 Å². The van der Waals surface area contributed by atoms with Gasteiger partial charge in [0.2, 0.25) is 0 Å². The van der Waals surface area contributed by atoms with Crippen LogP contribution in [0.2, 0.25) is 0 Å². The Kier molecular flexibility index (Phi) is 4.93. The number of rotatable bonds is 5. The molecule has 0 bridgehead atoms. The number of terminal acetylenes is 1. The zero-order valence-corrected chi connectivity index (χ0v) is 9.53. The van der Waals surface area contributed by atoms with Gasteiger partial charge in [0.15, 0.2) is 0 Å². The van der Waals surface area contributed by atoms with E-state index in [-0.39, 0.29) is 0 Å². The summed E-state index contributed by atoms with van der Waals surface area (Å²) in [6.07, 6.45) is 7.11. The SMILES string of the molecule is C#CCC(C)NC(C)Cc1ccccc1. The van der Waals surface area contributed by atoms with E-state index in [4.69, 9.17) is 6.42 Å². The van der Waals surface area contributed by atoms with Crippen molar-refractivity contribution in [2.75, 3.05) is 0 Å². The van der Waals surface area contributed by atoms with Crippen molar-refractivity contribution in [3.05, 3.63) is 35.9 Å². The van der Waals surface area contributed by atoms with Gasteiger partial charge in [0.05, 0.1) is 0 Å². The molecule has 2 unspecified atom stereocenters. The van der Waals surface area contributed by atoms with Gasteiger partial charge in [-0.3, -0.25) is 0 Å². The predicted molar refractivity (Wildman–Crippen MR) is 65.7 cm³/mol. The van der Waals surface area contributed by atoms with Gasteiger partial charge in [0, 0.05) is 18.5 Å². The van der Waals surface area contributed by atoms with E-state index in [1.165, 1.54) is 5.56 Å². The highest BCUT2D eigenvalue weighted by molar-refractivity contribution is 5.15. The van der Waals surface area contributed by atoms with Gasteiger partial charge in [-0.1, -0.05) is 30.3 Å². The van der Waals surface area contributed by atoms with Crippen LogP contribution < -0.4 is 5.32 Å². The lowest BCUT2D eigenvalue weighted by atomic mass is 10.1. The second-order valence-corrected chi connectivity index (χ2v) is 4.07. The van der Waals surface area contributed by atoms with E-state index in [9.17, 15) is 0 Å². The fraction of sp³-hybridized carbons (Fsp3) is 0.429. The van der Waals surface area contributed by atoms with E-state index >= 15 is 0 Å². The van der Waals surface area contributed by atoms with E-state index in [0.717, 1.165) is 12.8 Å². The largest absolute Gasteiger partial charge is 0.311 e. The highest BCUT2D eigenvalue weighted by Gasteiger charge is 2.06. The van der Waals surface area contributed by atoms with Crippen molar-refractivity contribution >= 4 is 0 Å². The van der Waals surface area contributed by atoms with Crippen molar-refractivity contribution in [1.82, 2.24) is 5.32 Å². The summed E-state index contributed by atoms with van der Waals surface area (Å²) in [6, 6.07) is 11.4.